The Labute approximate surface area is 189 Å². The van der Waals surface area contributed by atoms with E-state index in [1.54, 1.807) is 36.4 Å². The number of hydrogen-bond acceptors (Lipinski definition) is 6. The van der Waals surface area contributed by atoms with E-state index in [-0.39, 0.29) is 5.91 Å². The quantitative estimate of drug-likeness (QED) is 0.542. The molecule has 164 valence electrons. The predicted octanol–water partition coefficient (Wildman–Crippen LogP) is 4.33. The average Bonchev–Trinajstić information content (AvgIpc) is 3.52. The van der Waals surface area contributed by atoms with Gasteiger partial charge in [0.05, 0.1) is 4.88 Å². The Hall–Kier alpha value is -3.65. The number of nitrogens with one attached hydrogen (secondary N) is 1. The highest BCUT2D eigenvalue weighted by atomic mass is 32.1. The maximum Gasteiger partial charge on any atom is 0.329 e. The zero-order valence-corrected chi connectivity index (χ0v) is 18.0. The first-order valence-electron chi connectivity index (χ1n) is 10.2. The number of rotatable bonds is 7. The molecule has 0 aliphatic carbocycles. The molecular formula is C24H22N2O5S. The maximum atomic E-state index is 12.6. The van der Waals surface area contributed by atoms with Crippen LogP contribution in [0.25, 0.3) is 0 Å². The molecule has 1 aromatic heterocycles. The van der Waals surface area contributed by atoms with Crippen molar-refractivity contribution in [3.8, 4) is 11.5 Å². The monoisotopic (exact) mass is 450 g/mol. The fraction of sp³-hybridized carbons (Fsp3) is 0.208. The highest BCUT2D eigenvalue weighted by Crippen LogP contribution is 2.24. The number of ether oxygens (including phenoxy) is 2. The van der Waals surface area contributed by atoms with Crippen LogP contribution in [-0.2, 0) is 14.3 Å². The van der Waals surface area contributed by atoms with Crippen LogP contribution >= 0.6 is 11.3 Å². The molecule has 2 aromatic carbocycles. The average molecular weight is 451 g/mol. The lowest BCUT2D eigenvalue weighted by molar-refractivity contribution is -0.151. The Morgan fingerprint density at radius 2 is 1.72 bits per heavy atom. The van der Waals surface area contributed by atoms with Crippen molar-refractivity contribution >= 4 is 34.8 Å². The topological polar surface area (TPSA) is 84.9 Å². The summed E-state index contributed by atoms with van der Waals surface area (Å²) in [7, 11) is 0. The summed E-state index contributed by atoms with van der Waals surface area (Å²) in [5, 5.41) is 4.51. The van der Waals surface area contributed by atoms with Gasteiger partial charge in [-0.1, -0.05) is 24.3 Å². The van der Waals surface area contributed by atoms with Gasteiger partial charge in [-0.3, -0.25) is 9.59 Å². The zero-order chi connectivity index (χ0) is 22.3. The molecule has 32 heavy (non-hydrogen) atoms. The van der Waals surface area contributed by atoms with Crippen molar-refractivity contribution in [1.82, 2.24) is 4.90 Å². The van der Waals surface area contributed by atoms with Gasteiger partial charge in [0.2, 0.25) is 0 Å². The van der Waals surface area contributed by atoms with Crippen LogP contribution in [0, 0.1) is 0 Å². The summed E-state index contributed by atoms with van der Waals surface area (Å²) in [5.74, 6) is 0.159. The molecule has 0 bridgehead atoms. The number of nitrogens with zero attached hydrogens (tertiary/aromatic N) is 1. The lowest BCUT2D eigenvalue weighted by Crippen LogP contribution is -2.41. The summed E-state index contributed by atoms with van der Waals surface area (Å²) in [4.78, 5) is 39.4. The summed E-state index contributed by atoms with van der Waals surface area (Å²) >= 11 is 1.34. The third kappa shape index (κ3) is 5.33. The number of esters is 1. The first-order chi connectivity index (χ1) is 15.6. The summed E-state index contributed by atoms with van der Waals surface area (Å²) < 4.78 is 10.9. The molecule has 1 N–H and O–H groups in total. The van der Waals surface area contributed by atoms with Crippen LogP contribution in [0.15, 0.2) is 72.1 Å². The molecule has 1 aliphatic heterocycles. The van der Waals surface area contributed by atoms with Gasteiger partial charge in [-0.05, 0) is 60.7 Å². The largest absolute Gasteiger partial charge is 0.457 e. The highest BCUT2D eigenvalue weighted by Gasteiger charge is 2.36. The van der Waals surface area contributed by atoms with Crippen LogP contribution in [0.2, 0.25) is 0 Å². The first kappa shape index (κ1) is 21.6. The van der Waals surface area contributed by atoms with Crippen molar-refractivity contribution in [2.24, 2.45) is 0 Å². The highest BCUT2D eigenvalue weighted by molar-refractivity contribution is 7.12. The number of thiophene rings is 1. The number of hydrogen-bond donors (Lipinski definition) is 1. The van der Waals surface area contributed by atoms with E-state index in [1.807, 2.05) is 35.7 Å². The Bertz CT molecular complexity index is 1070. The van der Waals surface area contributed by atoms with E-state index in [9.17, 15) is 14.4 Å². The Morgan fingerprint density at radius 1 is 0.969 bits per heavy atom. The van der Waals surface area contributed by atoms with E-state index in [4.69, 9.17) is 9.47 Å². The number of carbonyl (C=O) groups is 3. The van der Waals surface area contributed by atoms with Crippen molar-refractivity contribution in [3.63, 3.8) is 0 Å². The molecule has 1 aliphatic rings. The predicted molar refractivity (Wildman–Crippen MR) is 121 cm³/mol. The van der Waals surface area contributed by atoms with E-state index >= 15 is 0 Å². The van der Waals surface area contributed by atoms with Gasteiger partial charge in [0.1, 0.15) is 17.5 Å². The van der Waals surface area contributed by atoms with Crippen molar-refractivity contribution in [2.75, 3.05) is 18.5 Å². The van der Waals surface area contributed by atoms with Gasteiger partial charge in [-0.25, -0.2) is 4.79 Å². The third-order valence-corrected chi connectivity index (χ3v) is 5.84. The van der Waals surface area contributed by atoms with E-state index in [1.165, 1.54) is 16.2 Å². The van der Waals surface area contributed by atoms with E-state index in [2.05, 4.69) is 5.32 Å². The van der Waals surface area contributed by atoms with Gasteiger partial charge in [-0.15, -0.1) is 11.3 Å². The smallest absolute Gasteiger partial charge is 0.329 e. The Morgan fingerprint density at radius 3 is 2.44 bits per heavy atom. The van der Waals surface area contributed by atoms with E-state index in [0.717, 1.165) is 12.2 Å². The minimum Gasteiger partial charge on any atom is -0.457 e. The normalized spacial score (nSPS) is 15.2. The molecule has 0 saturated carbocycles. The van der Waals surface area contributed by atoms with Crippen LogP contribution in [0.4, 0.5) is 5.69 Å². The Kier molecular flexibility index (Phi) is 6.81. The third-order valence-electron chi connectivity index (χ3n) is 4.98. The second-order valence-corrected chi connectivity index (χ2v) is 8.18. The summed E-state index contributed by atoms with van der Waals surface area (Å²) in [5.41, 5.74) is 0.557. The van der Waals surface area contributed by atoms with E-state index in [0.29, 0.717) is 29.3 Å². The number of likely N-dealkylation sites (tertiary alicyclic amines) is 1. The van der Waals surface area contributed by atoms with Crippen LogP contribution in [-0.4, -0.2) is 41.9 Å². The van der Waals surface area contributed by atoms with Crippen molar-refractivity contribution < 1.29 is 23.9 Å². The number of carbonyl (C=O) groups excluding carboxylic acids is 3. The van der Waals surface area contributed by atoms with Crippen molar-refractivity contribution in [2.45, 2.75) is 18.9 Å². The lowest BCUT2D eigenvalue weighted by Gasteiger charge is -2.22. The number of anilines is 1. The van der Waals surface area contributed by atoms with Gasteiger partial charge in [-0.2, -0.15) is 0 Å². The fourth-order valence-electron chi connectivity index (χ4n) is 3.46. The molecule has 1 fully saturated rings. The zero-order valence-electron chi connectivity index (χ0n) is 17.2. The number of benzene rings is 2. The molecule has 1 unspecified atom stereocenters. The van der Waals surface area contributed by atoms with Crippen molar-refractivity contribution in [3.05, 3.63) is 77.0 Å². The molecule has 3 aromatic rings. The number of amides is 2. The van der Waals surface area contributed by atoms with Gasteiger partial charge >= 0.3 is 5.97 Å². The summed E-state index contributed by atoms with van der Waals surface area (Å²) in [6.07, 6.45) is 1.25. The second-order valence-electron chi connectivity index (χ2n) is 7.23. The standard InChI is InChI=1S/C24H22N2O5S/c27-22(25-17-10-12-19(13-11-17)31-18-6-2-1-3-7-18)16-30-24(29)20-8-4-14-26(20)23(28)21-9-5-15-32-21/h1-3,5-7,9-13,15,20H,4,8,14,16H2,(H,25,27). The lowest BCUT2D eigenvalue weighted by atomic mass is 10.2. The molecule has 1 saturated heterocycles. The first-order valence-corrected chi connectivity index (χ1v) is 11.1. The molecule has 2 amide bonds. The maximum absolute atomic E-state index is 12.6. The van der Waals surface area contributed by atoms with Crippen LogP contribution in [0.5, 0.6) is 11.5 Å². The Balaban J connectivity index is 1.26. The van der Waals surface area contributed by atoms with Crippen LogP contribution in [0.1, 0.15) is 22.5 Å². The van der Waals surface area contributed by atoms with Crippen LogP contribution in [0.3, 0.4) is 0 Å². The molecule has 8 heteroatoms. The van der Waals surface area contributed by atoms with Gasteiger partial charge in [0.25, 0.3) is 11.8 Å². The minimum absolute atomic E-state index is 0.179. The molecule has 4 rings (SSSR count). The van der Waals surface area contributed by atoms with Gasteiger partial charge in [0.15, 0.2) is 6.61 Å². The molecule has 7 nitrogen and oxygen atoms in total. The second kappa shape index (κ2) is 10.1. The van der Waals surface area contributed by atoms with Gasteiger partial charge < -0.3 is 19.7 Å². The minimum atomic E-state index is -0.660. The van der Waals surface area contributed by atoms with Gasteiger partial charge in [0, 0.05) is 12.2 Å². The summed E-state index contributed by atoms with van der Waals surface area (Å²) in [6, 6.07) is 19.1. The van der Waals surface area contributed by atoms with E-state index < -0.39 is 24.5 Å². The number of para-hydroxylation sites is 1. The molecule has 0 spiro atoms. The SMILES string of the molecule is O=C(COC(=O)C1CCCN1C(=O)c1cccs1)Nc1ccc(Oc2ccccc2)cc1. The molecular weight excluding hydrogens is 428 g/mol. The summed E-state index contributed by atoms with van der Waals surface area (Å²) in [6.45, 7) is 0.0821. The van der Waals surface area contributed by atoms with Crippen molar-refractivity contribution in [1.29, 1.82) is 0 Å². The van der Waals surface area contributed by atoms with Crippen LogP contribution < -0.4 is 10.1 Å². The molecule has 0 radical (unpaired) electrons. The fourth-order valence-corrected chi connectivity index (χ4v) is 4.14. The molecule has 1 atom stereocenters. The molecule has 2 heterocycles.